The van der Waals surface area contributed by atoms with Crippen molar-refractivity contribution in [3.8, 4) is 20.9 Å². The second kappa shape index (κ2) is 8.53. The van der Waals surface area contributed by atoms with E-state index < -0.39 is 0 Å². The van der Waals surface area contributed by atoms with Crippen LogP contribution in [0.5, 0.6) is 0 Å². The Morgan fingerprint density at radius 1 is 0.562 bits per heavy atom. The zero-order chi connectivity index (χ0) is 22.3. The fraction of sp³-hybridized carbons (Fsp3) is 0.0833. The summed E-state index contributed by atoms with van der Waals surface area (Å²) in [5, 5.41) is 0. The van der Waals surface area contributed by atoms with E-state index in [0.717, 1.165) is 0 Å². The van der Waals surface area contributed by atoms with Gasteiger partial charge in [-0.15, -0.1) is 45.3 Å². The van der Waals surface area contributed by atoms with Crippen molar-refractivity contribution in [3.05, 3.63) is 63.6 Å². The average Bonchev–Trinajstić information content (AvgIpc) is 3.46. The Labute approximate surface area is 245 Å². The number of hydrogen-bond donors (Lipinski definition) is 0. The summed E-state index contributed by atoms with van der Waals surface area (Å²) in [5.74, 6) is 0. The van der Waals surface area contributed by atoms with Crippen LogP contribution in [-0.2, 0) is 0 Å². The molecular formula is C24H12Br2I2S4. The maximum Gasteiger partial charge on any atom is 0.0651 e. The number of hydrogen-bond acceptors (Lipinski definition) is 4. The van der Waals surface area contributed by atoms with Crippen molar-refractivity contribution >= 4 is 151 Å². The van der Waals surface area contributed by atoms with E-state index in [2.05, 4.69) is 127 Å². The number of halogens is 4. The van der Waals surface area contributed by atoms with Crippen molar-refractivity contribution in [2.24, 2.45) is 0 Å². The Hall–Kier alpha value is 0.440. The first kappa shape index (κ1) is 22.9. The summed E-state index contributed by atoms with van der Waals surface area (Å²) >= 11 is 20.5. The van der Waals surface area contributed by atoms with E-state index in [-0.39, 0.29) is 0 Å². The SMILES string of the molecule is Cc1ccc(I)c(-c2sc3c(sc4c5sc(-c6cc(C)ccc6I)c(Br)c5sc34)c2Br)c1. The summed E-state index contributed by atoms with van der Waals surface area (Å²) in [4.78, 5) is 2.68. The van der Waals surface area contributed by atoms with Gasteiger partial charge in [0.05, 0.1) is 46.9 Å². The van der Waals surface area contributed by atoms with Crippen molar-refractivity contribution in [2.75, 3.05) is 0 Å². The molecule has 0 unspecified atom stereocenters. The third kappa shape index (κ3) is 3.53. The number of aryl methyl sites for hydroxylation is 2. The van der Waals surface area contributed by atoms with Crippen LogP contribution in [0.2, 0.25) is 0 Å². The Kier molecular flexibility index (Phi) is 6.10. The van der Waals surface area contributed by atoms with E-state index >= 15 is 0 Å². The predicted octanol–water partition coefficient (Wildman–Crippen LogP) is 12.1. The Bertz CT molecular complexity index is 1570. The Balaban J connectivity index is 1.59. The fourth-order valence-corrected chi connectivity index (χ4v) is 13.2. The molecule has 0 spiro atoms. The lowest BCUT2D eigenvalue weighted by molar-refractivity contribution is 1.46. The first-order chi connectivity index (χ1) is 15.3. The maximum absolute atomic E-state index is 3.96. The van der Waals surface area contributed by atoms with Gasteiger partial charge < -0.3 is 0 Å². The molecule has 0 aliphatic rings. The van der Waals surface area contributed by atoms with Gasteiger partial charge in [0, 0.05) is 18.3 Å². The third-order valence-corrected chi connectivity index (χ3v) is 15.5. The predicted molar refractivity (Wildman–Crippen MR) is 172 cm³/mol. The molecule has 0 atom stereocenters. The lowest BCUT2D eigenvalue weighted by Gasteiger charge is -2.04. The number of rotatable bonds is 2. The minimum atomic E-state index is 1.24. The van der Waals surface area contributed by atoms with Crippen LogP contribution >= 0.6 is 122 Å². The molecule has 0 radical (unpaired) electrons. The lowest BCUT2D eigenvalue weighted by atomic mass is 10.1. The Morgan fingerprint density at radius 2 is 0.938 bits per heavy atom. The molecule has 160 valence electrons. The van der Waals surface area contributed by atoms with Crippen molar-refractivity contribution in [3.63, 3.8) is 0 Å². The molecule has 0 amide bonds. The molecule has 4 heterocycles. The zero-order valence-corrected chi connectivity index (χ0v) is 27.4. The van der Waals surface area contributed by atoms with Crippen LogP contribution in [0.15, 0.2) is 45.3 Å². The molecule has 6 rings (SSSR count). The molecule has 0 N–H and O–H groups in total. The van der Waals surface area contributed by atoms with E-state index in [1.807, 2.05) is 45.3 Å². The van der Waals surface area contributed by atoms with Gasteiger partial charge in [-0.25, -0.2) is 0 Å². The van der Waals surface area contributed by atoms with Gasteiger partial charge in [-0.1, -0.05) is 23.3 Å². The molecule has 0 saturated heterocycles. The van der Waals surface area contributed by atoms with Crippen molar-refractivity contribution < 1.29 is 0 Å². The van der Waals surface area contributed by atoms with Gasteiger partial charge >= 0.3 is 0 Å². The van der Waals surface area contributed by atoms with Crippen molar-refractivity contribution in [1.82, 2.24) is 0 Å². The van der Waals surface area contributed by atoms with Gasteiger partial charge in [-0.3, -0.25) is 0 Å². The highest BCUT2D eigenvalue weighted by Crippen LogP contribution is 2.57. The normalized spacial score (nSPS) is 12.1. The van der Waals surface area contributed by atoms with Gasteiger partial charge in [0.1, 0.15) is 0 Å². The highest BCUT2D eigenvalue weighted by Gasteiger charge is 2.24. The molecule has 0 nitrogen and oxygen atoms in total. The van der Waals surface area contributed by atoms with Crippen LogP contribution in [-0.4, -0.2) is 0 Å². The quantitative estimate of drug-likeness (QED) is 0.152. The first-order valence-electron chi connectivity index (χ1n) is 9.61. The molecular weight excluding hydrogens is 830 g/mol. The molecule has 0 fully saturated rings. The molecule has 0 bridgehead atoms. The van der Waals surface area contributed by atoms with E-state index in [4.69, 9.17) is 0 Å². The largest absolute Gasteiger partial charge is 0.131 e. The van der Waals surface area contributed by atoms with Crippen LogP contribution in [0.25, 0.3) is 49.1 Å². The van der Waals surface area contributed by atoms with E-state index in [1.54, 1.807) is 0 Å². The van der Waals surface area contributed by atoms with Gasteiger partial charge in [0.15, 0.2) is 0 Å². The van der Waals surface area contributed by atoms with Crippen molar-refractivity contribution in [2.45, 2.75) is 13.8 Å². The molecule has 0 saturated carbocycles. The highest BCUT2D eigenvalue weighted by atomic mass is 127. The second-order valence-electron chi connectivity index (χ2n) is 7.64. The summed E-state index contributed by atoms with van der Waals surface area (Å²) in [6.45, 7) is 4.33. The molecule has 2 aromatic carbocycles. The average molecular weight is 842 g/mol. The standard InChI is InChI=1S/C24H12Br2I2S4/c1-9-3-5-13(27)11(7-9)17-15(25)19-21(29-17)23-24(31-19)22-20(32-23)16(26)18(30-22)12-8-10(2)4-6-14(12)28/h3-8H,1-2H3. The van der Waals surface area contributed by atoms with Crippen LogP contribution < -0.4 is 0 Å². The van der Waals surface area contributed by atoms with E-state index in [0.29, 0.717) is 0 Å². The van der Waals surface area contributed by atoms with Gasteiger partial charge in [0.2, 0.25) is 0 Å². The van der Waals surface area contributed by atoms with Gasteiger partial charge in [-0.2, -0.15) is 0 Å². The van der Waals surface area contributed by atoms with Crippen LogP contribution in [0.1, 0.15) is 11.1 Å². The minimum absolute atomic E-state index is 1.24. The zero-order valence-electron chi connectivity index (χ0n) is 16.6. The molecule has 0 aliphatic carbocycles. The van der Waals surface area contributed by atoms with Crippen LogP contribution in [0.4, 0.5) is 0 Å². The third-order valence-electron chi connectivity index (χ3n) is 5.38. The molecule has 8 heteroatoms. The minimum Gasteiger partial charge on any atom is -0.131 e. The van der Waals surface area contributed by atoms with Gasteiger partial charge in [-0.05, 0) is 115 Å². The maximum atomic E-state index is 3.96. The van der Waals surface area contributed by atoms with Gasteiger partial charge in [0.25, 0.3) is 0 Å². The monoisotopic (exact) mass is 840 g/mol. The fourth-order valence-electron chi connectivity index (χ4n) is 3.84. The molecule has 32 heavy (non-hydrogen) atoms. The number of fused-ring (bicyclic) bond motifs is 5. The summed E-state index contributed by atoms with van der Waals surface area (Å²) < 4.78 is 13.5. The van der Waals surface area contributed by atoms with E-state index in [9.17, 15) is 0 Å². The van der Waals surface area contributed by atoms with Crippen LogP contribution in [0, 0.1) is 21.0 Å². The summed E-state index contributed by atoms with van der Waals surface area (Å²) in [5.41, 5.74) is 5.26. The van der Waals surface area contributed by atoms with Crippen molar-refractivity contribution in [1.29, 1.82) is 0 Å². The molecule has 0 aliphatic heterocycles. The summed E-state index contributed by atoms with van der Waals surface area (Å²) in [6, 6.07) is 13.4. The second-order valence-corrected chi connectivity index (χ2v) is 15.6. The summed E-state index contributed by atoms with van der Waals surface area (Å²) in [6.07, 6.45) is 0. The Morgan fingerprint density at radius 3 is 1.34 bits per heavy atom. The highest BCUT2D eigenvalue weighted by molar-refractivity contribution is 14.1. The number of thiophene rings is 4. The molecule has 4 aromatic heterocycles. The van der Waals surface area contributed by atoms with E-state index in [1.165, 1.54) is 76.3 Å². The lowest BCUT2D eigenvalue weighted by Crippen LogP contribution is -1.82. The molecule has 6 aromatic rings. The number of benzene rings is 2. The smallest absolute Gasteiger partial charge is 0.0651 e. The van der Waals surface area contributed by atoms with Crippen LogP contribution in [0.3, 0.4) is 0 Å². The summed E-state index contributed by atoms with van der Waals surface area (Å²) in [7, 11) is 0. The first-order valence-corrected chi connectivity index (χ1v) is 16.6. The topological polar surface area (TPSA) is 0 Å².